The van der Waals surface area contributed by atoms with Gasteiger partial charge in [-0.3, -0.25) is 4.79 Å². The number of hydrogen-bond donors (Lipinski definition) is 0. The van der Waals surface area contributed by atoms with Crippen LogP contribution in [0.15, 0.2) is 18.2 Å². The molecule has 0 aromatic heterocycles. The number of aldehydes is 1. The Balaban J connectivity index is 2.89. The van der Waals surface area contributed by atoms with Crippen LogP contribution in [0.4, 0.5) is 0 Å². The number of carbonyl (C=O) groups is 1. The van der Waals surface area contributed by atoms with Crippen LogP contribution in [0.3, 0.4) is 0 Å². The van der Waals surface area contributed by atoms with E-state index in [4.69, 9.17) is 16.3 Å². The molecule has 82 valence electrons. The van der Waals surface area contributed by atoms with Gasteiger partial charge in [-0.1, -0.05) is 25.4 Å². The van der Waals surface area contributed by atoms with Crippen molar-refractivity contribution in [2.75, 3.05) is 0 Å². The lowest BCUT2D eigenvalue weighted by Crippen LogP contribution is -2.19. The standard InChI is InChI=1S/C12H15ClO2/c1-8(2)9(3)15-12-5-4-11(13)6-10(12)7-14/h4-9H,1-3H3. The molecule has 0 aliphatic rings. The molecule has 1 unspecified atom stereocenters. The summed E-state index contributed by atoms with van der Waals surface area (Å²) in [5.74, 6) is 0.996. The maximum Gasteiger partial charge on any atom is 0.153 e. The molecule has 1 aromatic rings. The maximum atomic E-state index is 10.8. The van der Waals surface area contributed by atoms with Gasteiger partial charge in [0.25, 0.3) is 0 Å². The van der Waals surface area contributed by atoms with Gasteiger partial charge in [-0.25, -0.2) is 0 Å². The van der Waals surface area contributed by atoms with E-state index in [2.05, 4.69) is 13.8 Å². The van der Waals surface area contributed by atoms with Gasteiger partial charge in [-0.2, -0.15) is 0 Å². The highest BCUT2D eigenvalue weighted by Crippen LogP contribution is 2.23. The fourth-order valence-electron chi connectivity index (χ4n) is 1.06. The van der Waals surface area contributed by atoms with E-state index >= 15 is 0 Å². The topological polar surface area (TPSA) is 26.3 Å². The van der Waals surface area contributed by atoms with E-state index in [0.717, 1.165) is 6.29 Å². The Hall–Kier alpha value is -1.02. The average Bonchev–Trinajstić information content (AvgIpc) is 2.20. The van der Waals surface area contributed by atoms with Crippen molar-refractivity contribution in [2.45, 2.75) is 26.9 Å². The van der Waals surface area contributed by atoms with Crippen LogP contribution in [0.5, 0.6) is 5.75 Å². The normalized spacial score (nSPS) is 12.6. The van der Waals surface area contributed by atoms with E-state index in [1.165, 1.54) is 0 Å². The number of rotatable bonds is 4. The quantitative estimate of drug-likeness (QED) is 0.734. The van der Waals surface area contributed by atoms with Gasteiger partial charge >= 0.3 is 0 Å². The van der Waals surface area contributed by atoms with Crippen LogP contribution in [0.2, 0.25) is 5.02 Å². The zero-order valence-corrected chi connectivity index (χ0v) is 9.91. The minimum atomic E-state index is 0.0740. The number of hydrogen-bond acceptors (Lipinski definition) is 2. The molecule has 0 saturated heterocycles. The predicted octanol–water partition coefficient (Wildman–Crippen LogP) is 3.58. The monoisotopic (exact) mass is 226 g/mol. The third-order valence-electron chi connectivity index (χ3n) is 2.35. The molecule has 0 spiro atoms. The van der Waals surface area contributed by atoms with Gasteiger partial charge in [0.15, 0.2) is 6.29 Å². The zero-order valence-electron chi connectivity index (χ0n) is 9.16. The molecule has 0 aliphatic carbocycles. The number of halogens is 1. The number of carbonyl (C=O) groups excluding carboxylic acids is 1. The Morgan fingerprint density at radius 3 is 2.53 bits per heavy atom. The second-order valence-electron chi connectivity index (χ2n) is 3.87. The summed E-state index contributed by atoms with van der Waals surface area (Å²) in [7, 11) is 0. The summed E-state index contributed by atoms with van der Waals surface area (Å²) in [6.45, 7) is 6.12. The van der Waals surface area contributed by atoms with Gasteiger partial charge in [0, 0.05) is 5.02 Å². The summed E-state index contributed by atoms with van der Waals surface area (Å²) in [5.41, 5.74) is 0.495. The molecule has 0 amide bonds. The van der Waals surface area contributed by atoms with Crippen molar-refractivity contribution in [3.63, 3.8) is 0 Å². The van der Waals surface area contributed by atoms with E-state index in [1.807, 2.05) is 6.92 Å². The molecular weight excluding hydrogens is 212 g/mol. The van der Waals surface area contributed by atoms with Crippen molar-refractivity contribution in [1.82, 2.24) is 0 Å². The van der Waals surface area contributed by atoms with Crippen molar-refractivity contribution in [2.24, 2.45) is 5.92 Å². The predicted molar refractivity (Wildman–Crippen MR) is 61.8 cm³/mol. The highest BCUT2D eigenvalue weighted by atomic mass is 35.5. The largest absolute Gasteiger partial charge is 0.490 e. The maximum absolute atomic E-state index is 10.8. The van der Waals surface area contributed by atoms with Gasteiger partial charge in [0.05, 0.1) is 11.7 Å². The molecule has 0 heterocycles. The van der Waals surface area contributed by atoms with E-state index in [0.29, 0.717) is 22.3 Å². The summed E-state index contributed by atoms with van der Waals surface area (Å²) in [5, 5.41) is 0.543. The lowest BCUT2D eigenvalue weighted by atomic mass is 10.1. The first-order valence-corrected chi connectivity index (χ1v) is 5.33. The lowest BCUT2D eigenvalue weighted by Gasteiger charge is -2.19. The van der Waals surface area contributed by atoms with Crippen molar-refractivity contribution < 1.29 is 9.53 Å². The average molecular weight is 227 g/mol. The molecule has 0 N–H and O–H groups in total. The molecule has 2 nitrogen and oxygen atoms in total. The Bertz CT molecular complexity index is 347. The molecule has 0 saturated carbocycles. The van der Waals surface area contributed by atoms with Gasteiger partial charge in [0.2, 0.25) is 0 Å². The summed E-state index contributed by atoms with van der Waals surface area (Å²) in [6, 6.07) is 5.05. The first kappa shape index (κ1) is 12.1. The summed E-state index contributed by atoms with van der Waals surface area (Å²) >= 11 is 5.78. The Morgan fingerprint density at radius 1 is 1.33 bits per heavy atom. The van der Waals surface area contributed by atoms with Gasteiger partial charge < -0.3 is 4.74 Å². The van der Waals surface area contributed by atoms with Crippen molar-refractivity contribution >= 4 is 17.9 Å². The lowest BCUT2D eigenvalue weighted by molar-refractivity contribution is 0.111. The van der Waals surface area contributed by atoms with Crippen LogP contribution in [-0.2, 0) is 0 Å². The first-order chi connectivity index (χ1) is 7.04. The molecule has 1 aromatic carbocycles. The molecule has 1 rings (SSSR count). The van der Waals surface area contributed by atoms with E-state index < -0.39 is 0 Å². The molecular formula is C12H15ClO2. The smallest absolute Gasteiger partial charge is 0.153 e. The molecule has 15 heavy (non-hydrogen) atoms. The highest BCUT2D eigenvalue weighted by Gasteiger charge is 2.11. The molecule has 0 radical (unpaired) electrons. The highest BCUT2D eigenvalue weighted by molar-refractivity contribution is 6.30. The molecule has 0 fully saturated rings. The van der Waals surface area contributed by atoms with E-state index in [9.17, 15) is 4.79 Å². The number of ether oxygens (including phenoxy) is 1. The second-order valence-corrected chi connectivity index (χ2v) is 4.30. The van der Waals surface area contributed by atoms with Crippen molar-refractivity contribution in [3.8, 4) is 5.75 Å². The van der Waals surface area contributed by atoms with Crippen molar-refractivity contribution in [3.05, 3.63) is 28.8 Å². The van der Waals surface area contributed by atoms with Crippen LogP contribution in [-0.4, -0.2) is 12.4 Å². The summed E-state index contributed by atoms with van der Waals surface area (Å²) in [6.07, 6.45) is 0.832. The number of benzene rings is 1. The van der Waals surface area contributed by atoms with Crippen LogP contribution >= 0.6 is 11.6 Å². The van der Waals surface area contributed by atoms with Crippen LogP contribution in [0.25, 0.3) is 0 Å². The summed E-state index contributed by atoms with van der Waals surface area (Å²) < 4.78 is 5.66. The SMILES string of the molecule is CC(C)C(C)Oc1ccc(Cl)cc1C=O. The van der Waals surface area contributed by atoms with Crippen molar-refractivity contribution in [1.29, 1.82) is 0 Å². The molecule has 3 heteroatoms. The Kier molecular flexibility index (Phi) is 4.15. The Morgan fingerprint density at radius 2 is 2.00 bits per heavy atom. The second kappa shape index (κ2) is 5.17. The fourth-order valence-corrected chi connectivity index (χ4v) is 1.24. The summed E-state index contributed by atoms with van der Waals surface area (Å²) in [4.78, 5) is 10.8. The van der Waals surface area contributed by atoms with Gasteiger partial charge in [0.1, 0.15) is 5.75 Å². The first-order valence-electron chi connectivity index (χ1n) is 4.96. The molecule has 1 atom stereocenters. The van der Waals surface area contributed by atoms with Crippen LogP contribution < -0.4 is 4.74 Å². The fraction of sp³-hybridized carbons (Fsp3) is 0.417. The van der Waals surface area contributed by atoms with Gasteiger partial charge in [-0.15, -0.1) is 0 Å². The third kappa shape index (κ3) is 3.24. The van der Waals surface area contributed by atoms with Gasteiger partial charge in [-0.05, 0) is 31.0 Å². The minimum Gasteiger partial charge on any atom is -0.490 e. The Labute approximate surface area is 95.2 Å². The van der Waals surface area contributed by atoms with E-state index in [-0.39, 0.29) is 6.10 Å². The zero-order chi connectivity index (χ0) is 11.4. The van der Waals surface area contributed by atoms with Crippen LogP contribution in [0, 0.1) is 5.92 Å². The van der Waals surface area contributed by atoms with E-state index in [1.54, 1.807) is 18.2 Å². The minimum absolute atomic E-state index is 0.0740. The third-order valence-corrected chi connectivity index (χ3v) is 2.59. The van der Waals surface area contributed by atoms with Crippen LogP contribution in [0.1, 0.15) is 31.1 Å². The molecule has 0 bridgehead atoms. The molecule has 0 aliphatic heterocycles.